The average Bonchev–Trinajstić information content (AvgIpc) is 1.41. The maximum absolute atomic E-state index is 9.33. The standard InChI is InChI=1S/C3H6OS/c1-5-3-2-4/h2-4H,1H3/p-1/b3-2+. The van der Waals surface area contributed by atoms with Crippen LogP contribution in [0, 0.1) is 0 Å². The fourth-order valence-electron chi connectivity index (χ4n) is 0.0556. The summed E-state index contributed by atoms with van der Waals surface area (Å²) >= 11 is 1.41. The first-order valence-electron chi connectivity index (χ1n) is 1.21. The van der Waals surface area contributed by atoms with Crippen LogP contribution >= 0.6 is 11.8 Å². The van der Waals surface area contributed by atoms with Crippen molar-refractivity contribution in [3.8, 4) is 0 Å². The highest BCUT2D eigenvalue weighted by atomic mass is 32.2. The topological polar surface area (TPSA) is 23.1 Å². The van der Waals surface area contributed by atoms with Gasteiger partial charge in [0.25, 0.3) is 0 Å². The third kappa shape index (κ3) is 3.89. The SMILES string of the molecule is CS/C=C/[O-]. The van der Waals surface area contributed by atoms with Gasteiger partial charge in [0, 0.05) is 0 Å². The normalized spacial score (nSPS) is 9.80. The molecule has 0 aromatic heterocycles. The van der Waals surface area contributed by atoms with Gasteiger partial charge < -0.3 is 5.11 Å². The van der Waals surface area contributed by atoms with Crippen molar-refractivity contribution < 1.29 is 5.11 Å². The Morgan fingerprint density at radius 3 is 2.40 bits per heavy atom. The molecule has 0 N–H and O–H groups in total. The molecule has 0 fully saturated rings. The van der Waals surface area contributed by atoms with Gasteiger partial charge in [0.2, 0.25) is 0 Å². The van der Waals surface area contributed by atoms with E-state index in [4.69, 9.17) is 0 Å². The van der Waals surface area contributed by atoms with Gasteiger partial charge in [-0.15, -0.1) is 18.0 Å². The fourth-order valence-corrected chi connectivity index (χ4v) is 0.167. The first kappa shape index (κ1) is 4.89. The van der Waals surface area contributed by atoms with E-state index < -0.39 is 0 Å². The second-order valence-electron chi connectivity index (χ2n) is 0.508. The molecule has 0 atom stereocenters. The van der Waals surface area contributed by atoms with Gasteiger partial charge in [0.1, 0.15) is 0 Å². The summed E-state index contributed by atoms with van der Waals surface area (Å²) < 4.78 is 0. The average molecular weight is 89.1 g/mol. The highest BCUT2D eigenvalue weighted by molar-refractivity contribution is 8.01. The van der Waals surface area contributed by atoms with Crippen molar-refractivity contribution in [2.75, 3.05) is 6.26 Å². The summed E-state index contributed by atoms with van der Waals surface area (Å²) in [5.41, 5.74) is 0. The molecular weight excluding hydrogens is 84.1 g/mol. The van der Waals surface area contributed by atoms with Crippen LogP contribution < -0.4 is 5.11 Å². The van der Waals surface area contributed by atoms with E-state index in [-0.39, 0.29) is 0 Å². The summed E-state index contributed by atoms with van der Waals surface area (Å²) in [6, 6.07) is 0. The fraction of sp³-hybridized carbons (Fsp3) is 0.333. The van der Waals surface area contributed by atoms with Gasteiger partial charge in [-0.3, -0.25) is 0 Å². The monoisotopic (exact) mass is 89.0 g/mol. The van der Waals surface area contributed by atoms with E-state index in [1.165, 1.54) is 17.2 Å². The highest BCUT2D eigenvalue weighted by Crippen LogP contribution is 1.87. The Balaban J connectivity index is 2.62. The molecule has 1 nitrogen and oxygen atoms in total. The molecule has 0 radical (unpaired) electrons. The Morgan fingerprint density at radius 2 is 2.40 bits per heavy atom. The largest absolute Gasteiger partial charge is 0.878 e. The van der Waals surface area contributed by atoms with Gasteiger partial charge in [-0.25, -0.2) is 0 Å². The van der Waals surface area contributed by atoms with Crippen LogP contribution in [0.1, 0.15) is 0 Å². The van der Waals surface area contributed by atoms with Crippen LogP contribution in [0.15, 0.2) is 11.7 Å². The molecule has 0 aliphatic heterocycles. The van der Waals surface area contributed by atoms with E-state index in [2.05, 4.69) is 0 Å². The van der Waals surface area contributed by atoms with Crippen molar-refractivity contribution in [2.45, 2.75) is 0 Å². The van der Waals surface area contributed by atoms with E-state index >= 15 is 0 Å². The maximum atomic E-state index is 9.33. The zero-order valence-electron chi connectivity index (χ0n) is 2.97. The number of hydrogen-bond acceptors (Lipinski definition) is 2. The molecule has 0 spiro atoms. The lowest BCUT2D eigenvalue weighted by atomic mass is 11.2. The molecule has 0 saturated heterocycles. The van der Waals surface area contributed by atoms with Crippen LogP contribution in [-0.4, -0.2) is 6.26 Å². The summed E-state index contributed by atoms with van der Waals surface area (Å²) in [6.45, 7) is 0. The van der Waals surface area contributed by atoms with Gasteiger partial charge in [-0.1, -0.05) is 0 Å². The molecule has 0 saturated carbocycles. The molecule has 0 rings (SSSR count). The number of thioether (sulfide) groups is 1. The molecule has 30 valence electrons. The van der Waals surface area contributed by atoms with Crippen molar-refractivity contribution in [3.63, 3.8) is 0 Å². The summed E-state index contributed by atoms with van der Waals surface area (Å²) in [4.78, 5) is 0. The van der Waals surface area contributed by atoms with Crippen LogP contribution in [0.4, 0.5) is 0 Å². The van der Waals surface area contributed by atoms with Crippen molar-refractivity contribution in [1.29, 1.82) is 0 Å². The predicted octanol–water partition coefficient (Wildman–Crippen LogP) is 0.181. The Hall–Kier alpha value is -0.110. The molecule has 0 aliphatic rings. The van der Waals surface area contributed by atoms with E-state index in [0.717, 1.165) is 6.26 Å². The van der Waals surface area contributed by atoms with E-state index in [1.807, 2.05) is 6.26 Å². The van der Waals surface area contributed by atoms with E-state index in [1.54, 1.807) is 0 Å². The second-order valence-corrected chi connectivity index (χ2v) is 1.25. The van der Waals surface area contributed by atoms with Crippen LogP contribution in [0.3, 0.4) is 0 Å². The Bertz CT molecular complexity index is 33.9. The molecule has 0 unspecified atom stereocenters. The molecule has 5 heavy (non-hydrogen) atoms. The lowest BCUT2D eigenvalue weighted by Crippen LogP contribution is -1.81. The summed E-state index contributed by atoms with van der Waals surface area (Å²) in [5, 5.41) is 10.8. The number of hydrogen-bond donors (Lipinski definition) is 0. The second kappa shape index (κ2) is 3.89. The van der Waals surface area contributed by atoms with Crippen LogP contribution in [0.5, 0.6) is 0 Å². The summed E-state index contributed by atoms with van der Waals surface area (Å²) in [7, 11) is 0. The van der Waals surface area contributed by atoms with Crippen LogP contribution in [0.25, 0.3) is 0 Å². The van der Waals surface area contributed by atoms with Crippen molar-refractivity contribution in [3.05, 3.63) is 11.7 Å². The van der Waals surface area contributed by atoms with Crippen molar-refractivity contribution >= 4 is 11.8 Å². The minimum atomic E-state index is 0.769. The predicted molar refractivity (Wildman–Crippen MR) is 22.7 cm³/mol. The Morgan fingerprint density at radius 1 is 1.80 bits per heavy atom. The third-order valence-electron chi connectivity index (χ3n) is 0.192. The van der Waals surface area contributed by atoms with Gasteiger partial charge in [0.15, 0.2) is 0 Å². The van der Waals surface area contributed by atoms with E-state index in [9.17, 15) is 5.11 Å². The zero-order chi connectivity index (χ0) is 4.12. The quantitative estimate of drug-likeness (QED) is 0.428. The molecule has 0 heterocycles. The molecule has 0 aromatic rings. The Kier molecular flexibility index (Phi) is 3.80. The highest BCUT2D eigenvalue weighted by Gasteiger charge is 1.46. The van der Waals surface area contributed by atoms with Crippen LogP contribution in [0.2, 0.25) is 0 Å². The lowest BCUT2D eigenvalue weighted by molar-refractivity contribution is -0.274. The van der Waals surface area contributed by atoms with Crippen molar-refractivity contribution in [1.82, 2.24) is 0 Å². The molecular formula is C3H5OS-. The van der Waals surface area contributed by atoms with Gasteiger partial charge in [-0.05, 0) is 11.7 Å². The molecule has 2 heteroatoms. The molecule has 0 aliphatic carbocycles. The molecule has 0 aromatic carbocycles. The lowest BCUT2D eigenvalue weighted by Gasteiger charge is -1.80. The minimum Gasteiger partial charge on any atom is -0.878 e. The zero-order valence-corrected chi connectivity index (χ0v) is 3.79. The summed E-state index contributed by atoms with van der Waals surface area (Å²) in [6.07, 6.45) is 2.61. The first-order chi connectivity index (χ1) is 2.41. The van der Waals surface area contributed by atoms with Gasteiger partial charge >= 0.3 is 0 Å². The van der Waals surface area contributed by atoms with E-state index in [0.29, 0.717) is 0 Å². The minimum absolute atomic E-state index is 0.769. The number of rotatable bonds is 1. The maximum Gasteiger partial charge on any atom is -0.0143 e. The smallest absolute Gasteiger partial charge is 0.0143 e. The van der Waals surface area contributed by atoms with Crippen molar-refractivity contribution in [2.24, 2.45) is 0 Å². The van der Waals surface area contributed by atoms with Crippen LogP contribution in [-0.2, 0) is 0 Å². The summed E-state index contributed by atoms with van der Waals surface area (Å²) in [5.74, 6) is 0. The third-order valence-corrected chi connectivity index (χ3v) is 0.575. The van der Waals surface area contributed by atoms with Gasteiger partial charge in [0.05, 0.1) is 0 Å². The first-order valence-corrected chi connectivity index (χ1v) is 2.50. The molecule has 0 bridgehead atoms. The molecule has 0 amide bonds. The van der Waals surface area contributed by atoms with Gasteiger partial charge in [-0.2, -0.15) is 0 Å². The Labute approximate surface area is 35.7 Å².